The van der Waals surface area contributed by atoms with Crippen molar-refractivity contribution in [2.45, 2.75) is 12.5 Å². The first kappa shape index (κ1) is 24.2. The maximum absolute atomic E-state index is 13.0. The average molecular weight is 474 g/mol. The number of benzene rings is 3. The van der Waals surface area contributed by atoms with Gasteiger partial charge in [-0.15, -0.1) is 0 Å². The summed E-state index contributed by atoms with van der Waals surface area (Å²) in [4.78, 5) is 30.2. The van der Waals surface area contributed by atoms with E-state index in [1.165, 1.54) is 7.11 Å². The van der Waals surface area contributed by atoms with E-state index in [2.05, 4.69) is 4.79 Å². The Hall–Kier alpha value is -3.97. The lowest BCUT2D eigenvalue weighted by atomic mass is 9.79. The van der Waals surface area contributed by atoms with E-state index in [1.54, 1.807) is 6.07 Å². The molecule has 0 saturated carbocycles. The normalized spacial score (nSPS) is 12.1. The Labute approximate surface area is 204 Å². The molecule has 0 saturated heterocycles. The highest BCUT2D eigenvalue weighted by Gasteiger charge is 2.32. The lowest BCUT2D eigenvalue weighted by molar-refractivity contribution is -0.282. The molecule has 0 radical (unpaired) electrons. The van der Waals surface area contributed by atoms with Crippen LogP contribution in [-0.4, -0.2) is 52.1 Å². The smallest absolute Gasteiger partial charge is 0.377 e. The number of hydrogen-bond donors (Lipinski definition) is 1. The van der Waals surface area contributed by atoms with Crippen LogP contribution in [0.4, 0.5) is 11.4 Å². The third-order valence-corrected chi connectivity index (χ3v) is 6.09. The molecule has 0 atom stereocenters. The molecule has 35 heavy (non-hydrogen) atoms. The monoisotopic (exact) mass is 473 g/mol. The van der Waals surface area contributed by atoms with Crippen molar-refractivity contribution in [3.05, 3.63) is 82.4 Å². The van der Waals surface area contributed by atoms with E-state index in [-0.39, 0.29) is 18.3 Å². The van der Waals surface area contributed by atoms with Gasteiger partial charge in [-0.3, -0.25) is 4.79 Å². The summed E-state index contributed by atoms with van der Waals surface area (Å²) < 4.78 is 6.41. The molecule has 0 fully saturated rings. The van der Waals surface area contributed by atoms with Crippen LogP contribution in [0.15, 0.2) is 54.6 Å². The summed E-state index contributed by atoms with van der Waals surface area (Å²) in [5.74, 6) is 0.854. The molecule has 0 aliphatic carbocycles. The van der Waals surface area contributed by atoms with E-state index >= 15 is 0 Å². The number of carbonyl (C=O) groups excluding carboxylic acids is 1. The fourth-order valence-corrected chi connectivity index (χ4v) is 4.30. The van der Waals surface area contributed by atoms with Gasteiger partial charge in [0.25, 0.3) is 5.78 Å². The van der Waals surface area contributed by atoms with Gasteiger partial charge in [-0.2, -0.15) is 0 Å². The molecule has 0 aromatic heterocycles. The van der Waals surface area contributed by atoms with Crippen LogP contribution < -0.4 is 14.5 Å². The number of nitrogens with one attached hydrogen (secondary N) is 1. The van der Waals surface area contributed by atoms with Crippen molar-refractivity contribution in [3.8, 4) is 11.5 Å². The Morgan fingerprint density at radius 3 is 2.06 bits per heavy atom. The Morgan fingerprint density at radius 2 is 1.54 bits per heavy atom. The first-order chi connectivity index (χ1) is 16.8. The fraction of sp³-hybridized carbons (Fsp3) is 0.259. The number of nitrogens with zero attached hydrogens (tertiary/aromatic N) is 3. The van der Waals surface area contributed by atoms with Gasteiger partial charge in [-0.05, 0) is 23.3 Å². The zero-order chi connectivity index (χ0) is 25.1. The second-order valence-electron chi connectivity index (χ2n) is 8.74. The minimum atomic E-state index is -0.335. The molecule has 0 bridgehead atoms. The van der Waals surface area contributed by atoms with Gasteiger partial charge in [0.1, 0.15) is 18.1 Å². The van der Waals surface area contributed by atoms with Gasteiger partial charge < -0.3 is 14.5 Å². The molecule has 3 aromatic rings. The lowest BCUT2D eigenvalue weighted by Gasteiger charge is -2.31. The van der Waals surface area contributed by atoms with Gasteiger partial charge in [0.15, 0.2) is 0 Å². The number of Topliss-reactive ketones (excluding diaryl/α,β-unsaturated/α-hetero) is 1. The summed E-state index contributed by atoms with van der Waals surface area (Å²) in [5.41, 5.74) is 13.2. The summed E-state index contributed by atoms with van der Waals surface area (Å²) in [6, 6.07) is 17.7. The van der Waals surface area contributed by atoms with Crippen LogP contribution in [0, 0.1) is 5.53 Å². The minimum absolute atomic E-state index is 0.229. The third kappa shape index (κ3) is 4.81. The van der Waals surface area contributed by atoms with Crippen LogP contribution in [0.3, 0.4) is 0 Å². The number of carbonyl (C=O) groups is 1. The number of hydrogen-bond acceptors (Lipinski definition) is 7. The van der Waals surface area contributed by atoms with Crippen molar-refractivity contribution in [3.63, 3.8) is 0 Å². The zero-order valence-corrected chi connectivity index (χ0v) is 20.5. The Morgan fingerprint density at radius 1 is 0.943 bits per heavy atom. The van der Waals surface area contributed by atoms with E-state index in [9.17, 15) is 4.79 Å². The van der Waals surface area contributed by atoms with E-state index in [1.807, 2.05) is 86.5 Å². The SMILES string of the molecule is COOCc1ccc(C(=O)C=[N+]=N)c(C2c3ccc(N(C)C)cc3Oc3cc(N(C)C)ccc32)c1. The largest absolute Gasteiger partial charge is 0.457 e. The molecule has 0 amide bonds. The maximum Gasteiger partial charge on any atom is 0.377 e. The fourth-order valence-electron chi connectivity index (χ4n) is 4.30. The summed E-state index contributed by atoms with van der Waals surface area (Å²) in [5, 5.41) is 0. The molecular weight excluding hydrogens is 444 g/mol. The molecular formula is C27H29N4O4+. The first-order valence-electron chi connectivity index (χ1n) is 11.2. The standard InChI is InChI=1S/C27H29N4O4/c1-30(2)18-7-10-21-25(13-18)35-26-14-19(31(3)4)8-11-22(26)27(21)23-12-17(16-34-33-5)6-9-20(23)24(32)15-29-28/h6-15,27-28H,16H2,1-5H3/q+1. The van der Waals surface area contributed by atoms with Crippen LogP contribution in [0.2, 0.25) is 0 Å². The quantitative estimate of drug-likeness (QED) is 0.0999. The van der Waals surface area contributed by atoms with Crippen LogP contribution in [0.5, 0.6) is 11.5 Å². The minimum Gasteiger partial charge on any atom is -0.457 e. The molecule has 8 heteroatoms. The Balaban J connectivity index is 1.98. The van der Waals surface area contributed by atoms with Crippen LogP contribution in [0.1, 0.15) is 38.5 Å². The van der Waals surface area contributed by atoms with Crippen molar-refractivity contribution >= 4 is 23.4 Å². The van der Waals surface area contributed by atoms with Gasteiger partial charge >= 0.3 is 6.21 Å². The molecule has 180 valence electrons. The highest BCUT2D eigenvalue weighted by atomic mass is 17.2. The van der Waals surface area contributed by atoms with Crippen LogP contribution in [-0.2, 0) is 16.4 Å². The number of ether oxygens (including phenoxy) is 1. The van der Waals surface area contributed by atoms with Crippen LogP contribution >= 0.6 is 0 Å². The molecule has 0 spiro atoms. The van der Waals surface area contributed by atoms with E-state index < -0.39 is 0 Å². The molecule has 1 aliphatic heterocycles. The number of ketones is 1. The van der Waals surface area contributed by atoms with E-state index in [0.29, 0.717) is 5.56 Å². The molecule has 1 N–H and O–H groups in total. The molecule has 8 nitrogen and oxygen atoms in total. The molecule has 1 aliphatic rings. The van der Waals surface area contributed by atoms with Crippen molar-refractivity contribution in [2.24, 2.45) is 0 Å². The van der Waals surface area contributed by atoms with Gasteiger partial charge in [0, 0.05) is 74.3 Å². The van der Waals surface area contributed by atoms with Gasteiger partial charge in [0.2, 0.25) is 0 Å². The average Bonchev–Trinajstić information content (AvgIpc) is 2.85. The molecule has 4 rings (SSSR count). The van der Waals surface area contributed by atoms with E-state index in [4.69, 9.17) is 20.0 Å². The zero-order valence-electron chi connectivity index (χ0n) is 20.5. The van der Waals surface area contributed by atoms with E-state index in [0.717, 1.165) is 51.3 Å². The Kier molecular flexibility index (Phi) is 6.98. The van der Waals surface area contributed by atoms with Gasteiger partial charge in [-0.25, -0.2) is 9.78 Å². The third-order valence-electron chi connectivity index (χ3n) is 6.09. The topological polar surface area (TPSA) is 89.2 Å². The van der Waals surface area contributed by atoms with Crippen molar-refractivity contribution in [2.75, 3.05) is 45.1 Å². The molecule has 0 unspecified atom stereocenters. The van der Waals surface area contributed by atoms with Crippen molar-refractivity contribution < 1.29 is 24.1 Å². The second-order valence-corrected chi connectivity index (χ2v) is 8.74. The predicted octanol–water partition coefficient (Wildman–Crippen LogP) is 4.68. The molecule has 1 heterocycles. The predicted molar refractivity (Wildman–Crippen MR) is 134 cm³/mol. The number of anilines is 2. The van der Waals surface area contributed by atoms with Gasteiger partial charge in [-0.1, -0.05) is 30.3 Å². The Bertz CT molecular complexity index is 1260. The summed E-state index contributed by atoms with van der Waals surface area (Å²) in [6.45, 7) is 0.229. The highest BCUT2D eigenvalue weighted by Crippen LogP contribution is 2.50. The van der Waals surface area contributed by atoms with Crippen LogP contribution in [0.25, 0.3) is 0 Å². The lowest BCUT2D eigenvalue weighted by Crippen LogP contribution is -2.18. The summed E-state index contributed by atoms with van der Waals surface area (Å²) in [6.07, 6.45) is 1.02. The second kappa shape index (κ2) is 10.1. The summed E-state index contributed by atoms with van der Waals surface area (Å²) in [7, 11) is 9.39. The number of rotatable bonds is 8. The maximum atomic E-state index is 13.0. The number of fused-ring (bicyclic) bond motifs is 2. The highest BCUT2D eigenvalue weighted by molar-refractivity contribution is 6.34. The van der Waals surface area contributed by atoms with Gasteiger partial charge in [0.05, 0.1) is 17.4 Å². The van der Waals surface area contributed by atoms with Crippen molar-refractivity contribution in [1.29, 1.82) is 5.53 Å². The first-order valence-corrected chi connectivity index (χ1v) is 11.2. The summed E-state index contributed by atoms with van der Waals surface area (Å²) >= 11 is 0. The van der Waals surface area contributed by atoms with Crippen molar-refractivity contribution in [1.82, 2.24) is 0 Å². The molecule has 3 aromatic carbocycles.